The zero-order chi connectivity index (χ0) is 19.0. The van der Waals surface area contributed by atoms with Crippen LogP contribution in [0.2, 0.25) is 0 Å². The van der Waals surface area contributed by atoms with Gasteiger partial charge >= 0.3 is 0 Å². The van der Waals surface area contributed by atoms with Gasteiger partial charge in [0.25, 0.3) is 0 Å². The Morgan fingerprint density at radius 3 is 2.74 bits per heavy atom. The molecule has 2 aliphatic rings. The van der Waals surface area contributed by atoms with Gasteiger partial charge in [-0.15, -0.1) is 0 Å². The number of halogens is 2. The first-order chi connectivity index (χ1) is 13.1. The lowest BCUT2D eigenvalue weighted by atomic mass is 9.71. The highest BCUT2D eigenvalue weighted by atomic mass is 19.2. The number of allylic oxidation sites excluding steroid dienone is 2. The lowest BCUT2D eigenvalue weighted by Gasteiger charge is -2.36. The number of hydrogen-bond donors (Lipinski definition) is 1. The number of fused-ring (bicyclic) bond motifs is 5. The van der Waals surface area contributed by atoms with Crippen LogP contribution < -0.4 is 5.32 Å². The van der Waals surface area contributed by atoms with E-state index in [1.807, 2.05) is 0 Å². The molecule has 0 aliphatic heterocycles. The normalized spacial score (nSPS) is 21.1. The van der Waals surface area contributed by atoms with Crippen molar-refractivity contribution in [1.29, 1.82) is 0 Å². The summed E-state index contributed by atoms with van der Waals surface area (Å²) in [6.45, 7) is 5.26. The largest absolute Gasteiger partial charge is 0.384 e. The molecule has 4 heteroatoms. The first-order valence-electron chi connectivity index (χ1n) is 10.3. The van der Waals surface area contributed by atoms with Crippen molar-refractivity contribution in [3.05, 3.63) is 46.7 Å². The molecular weight excluding hydrogens is 342 g/mol. The summed E-state index contributed by atoms with van der Waals surface area (Å²) in [7, 11) is 0. The molecule has 2 bridgehead atoms. The Morgan fingerprint density at radius 1 is 1.11 bits per heavy atom. The molecule has 1 aromatic heterocycles. The molecule has 1 N–H and O–H groups in total. The Morgan fingerprint density at radius 2 is 1.93 bits per heavy atom. The summed E-state index contributed by atoms with van der Waals surface area (Å²) in [4.78, 5) is 4.77. The number of unbranched alkanes of at least 4 members (excludes halogenated alkanes) is 3. The molecule has 0 unspecified atom stereocenters. The molecule has 1 aromatic carbocycles. The lowest BCUT2D eigenvalue weighted by molar-refractivity contribution is 0.433. The molecule has 4 rings (SSSR count). The molecule has 0 saturated carbocycles. The van der Waals surface area contributed by atoms with Crippen molar-refractivity contribution in [3.63, 3.8) is 0 Å². The quantitative estimate of drug-likeness (QED) is 0.464. The van der Waals surface area contributed by atoms with Crippen molar-refractivity contribution in [2.75, 3.05) is 11.9 Å². The predicted octanol–water partition coefficient (Wildman–Crippen LogP) is 6.50. The molecule has 27 heavy (non-hydrogen) atoms. The van der Waals surface area contributed by atoms with Crippen LogP contribution in [-0.4, -0.2) is 11.5 Å². The van der Waals surface area contributed by atoms with E-state index < -0.39 is 11.6 Å². The van der Waals surface area contributed by atoms with E-state index in [1.165, 1.54) is 42.5 Å². The summed E-state index contributed by atoms with van der Waals surface area (Å²) in [6, 6.07) is 2.57. The minimum absolute atomic E-state index is 0.423. The van der Waals surface area contributed by atoms with Crippen LogP contribution >= 0.6 is 0 Å². The molecule has 0 saturated heterocycles. The summed E-state index contributed by atoms with van der Waals surface area (Å²) in [5.41, 5.74) is 5.29. The average molecular weight is 370 g/mol. The predicted molar refractivity (Wildman–Crippen MR) is 107 cm³/mol. The second kappa shape index (κ2) is 7.57. The summed E-state index contributed by atoms with van der Waals surface area (Å²) < 4.78 is 27.9. The molecule has 0 spiro atoms. The topological polar surface area (TPSA) is 24.9 Å². The average Bonchev–Trinajstić information content (AvgIpc) is 2.62. The maximum absolute atomic E-state index is 14.0. The first kappa shape index (κ1) is 18.4. The van der Waals surface area contributed by atoms with Gasteiger partial charge < -0.3 is 5.32 Å². The Hall–Kier alpha value is -1.97. The van der Waals surface area contributed by atoms with Crippen molar-refractivity contribution in [2.45, 2.75) is 64.7 Å². The standard InChI is InChI=1S/C23H28F2N2/c1-3-4-5-6-7-26-23-17-12-18(24)19(25)13-20(17)27-21-11-15-8-14(2)9-16(10-15)22(21)23/h8,12-13,15-16H,3-7,9-11H2,1-2H3,(H,26,27)/t15-,16+/m0/s1. The van der Waals surface area contributed by atoms with Crippen molar-refractivity contribution in [1.82, 2.24) is 4.98 Å². The van der Waals surface area contributed by atoms with E-state index in [0.29, 0.717) is 22.7 Å². The summed E-state index contributed by atoms with van der Waals surface area (Å²) in [5, 5.41) is 4.31. The molecule has 0 amide bonds. The fraction of sp³-hybridized carbons (Fsp3) is 0.522. The van der Waals surface area contributed by atoms with Crippen molar-refractivity contribution in [2.24, 2.45) is 5.92 Å². The molecular formula is C23H28F2N2. The fourth-order valence-corrected chi connectivity index (χ4v) is 4.86. The third-order valence-electron chi connectivity index (χ3n) is 6.02. The fourth-order valence-electron chi connectivity index (χ4n) is 4.86. The Bertz CT molecular complexity index is 888. The third-order valence-corrected chi connectivity index (χ3v) is 6.02. The molecule has 0 radical (unpaired) electrons. The van der Waals surface area contributed by atoms with E-state index in [9.17, 15) is 8.78 Å². The highest BCUT2D eigenvalue weighted by Gasteiger charge is 2.33. The molecule has 2 aromatic rings. The molecule has 2 aliphatic carbocycles. The SMILES string of the molecule is CCCCCCNc1c2c(nc3cc(F)c(F)cc13)C[C@H]1C=C(C)C[C@@H]2C1. The van der Waals surface area contributed by atoms with E-state index in [0.717, 1.165) is 43.6 Å². The number of hydrogen-bond acceptors (Lipinski definition) is 2. The molecule has 1 heterocycles. The number of rotatable bonds is 6. The lowest BCUT2D eigenvalue weighted by Crippen LogP contribution is -2.24. The van der Waals surface area contributed by atoms with E-state index in [1.54, 1.807) is 0 Å². The molecule has 144 valence electrons. The third kappa shape index (κ3) is 3.59. The number of anilines is 1. The van der Waals surface area contributed by atoms with E-state index in [2.05, 4.69) is 25.2 Å². The number of nitrogens with one attached hydrogen (secondary N) is 1. The van der Waals surface area contributed by atoms with Gasteiger partial charge in [0.15, 0.2) is 11.6 Å². The van der Waals surface area contributed by atoms with E-state index in [4.69, 9.17) is 4.98 Å². The van der Waals surface area contributed by atoms with Gasteiger partial charge in [-0.3, -0.25) is 4.98 Å². The molecule has 0 fully saturated rings. The van der Waals surface area contributed by atoms with Gasteiger partial charge in [-0.25, -0.2) is 8.78 Å². The van der Waals surface area contributed by atoms with Crippen LogP contribution in [0.3, 0.4) is 0 Å². The highest BCUT2D eigenvalue weighted by Crippen LogP contribution is 2.47. The van der Waals surface area contributed by atoms with Gasteiger partial charge in [-0.1, -0.05) is 37.8 Å². The van der Waals surface area contributed by atoms with Gasteiger partial charge in [0, 0.05) is 34.9 Å². The molecule has 2 nitrogen and oxygen atoms in total. The Kier molecular flexibility index (Phi) is 5.16. The van der Waals surface area contributed by atoms with E-state index >= 15 is 0 Å². The van der Waals surface area contributed by atoms with Crippen LogP contribution in [0.5, 0.6) is 0 Å². The van der Waals surface area contributed by atoms with Gasteiger partial charge in [-0.05, 0) is 50.5 Å². The summed E-state index contributed by atoms with van der Waals surface area (Å²) >= 11 is 0. The Labute approximate surface area is 160 Å². The Balaban J connectivity index is 1.77. The van der Waals surface area contributed by atoms with Crippen LogP contribution in [-0.2, 0) is 6.42 Å². The summed E-state index contributed by atoms with van der Waals surface area (Å²) in [6.07, 6.45) is 10.1. The van der Waals surface area contributed by atoms with Crippen molar-refractivity contribution < 1.29 is 8.78 Å². The monoisotopic (exact) mass is 370 g/mol. The van der Waals surface area contributed by atoms with Crippen molar-refractivity contribution in [3.8, 4) is 0 Å². The molecule has 2 atom stereocenters. The minimum Gasteiger partial charge on any atom is -0.384 e. The number of nitrogens with zero attached hydrogens (tertiary/aromatic N) is 1. The summed E-state index contributed by atoms with van der Waals surface area (Å²) in [5.74, 6) is -0.682. The second-order valence-electron chi connectivity index (χ2n) is 8.23. The van der Waals surface area contributed by atoms with Crippen LogP contribution in [0.25, 0.3) is 10.9 Å². The zero-order valence-electron chi connectivity index (χ0n) is 16.2. The number of benzene rings is 1. The van der Waals surface area contributed by atoms with Gasteiger partial charge in [0.2, 0.25) is 0 Å². The van der Waals surface area contributed by atoms with Crippen LogP contribution in [0.15, 0.2) is 23.8 Å². The maximum Gasteiger partial charge on any atom is 0.161 e. The van der Waals surface area contributed by atoms with Crippen molar-refractivity contribution >= 4 is 16.6 Å². The van der Waals surface area contributed by atoms with Gasteiger partial charge in [0.1, 0.15) is 0 Å². The number of aromatic nitrogens is 1. The zero-order valence-corrected chi connectivity index (χ0v) is 16.2. The maximum atomic E-state index is 14.0. The first-order valence-corrected chi connectivity index (χ1v) is 10.3. The van der Waals surface area contributed by atoms with Crippen LogP contribution in [0, 0.1) is 17.6 Å². The van der Waals surface area contributed by atoms with Crippen LogP contribution in [0.4, 0.5) is 14.5 Å². The second-order valence-corrected chi connectivity index (χ2v) is 8.23. The van der Waals surface area contributed by atoms with Gasteiger partial charge in [-0.2, -0.15) is 0 Å². The van der Waals surface area contributed by atoms with Gasteiger partial charge in [0.05, 0.1) is 5.52 Å². The van der Waals surface area contributed by atoms with E-state index in [-0.39, 0.29) is 0 Å². The number of pyridine rings is 1. The minimum atomic E-state index is -0.824. The highest BCUT2D eigenvalue weighted by molar-refractivity contribution is 5.94. The smallest absolute Gasteiger partial charge is 0.161 e. The van der Waals surface area contributed by atoms with Crippen LogP contribution in [0.1, 0.15) is 69.5 Å².